The van der Waals surface area contributed by atoms with Crippen LogP contribution < -0.4 is 10.2 Å². The highest BCUT2D eigenvalue weighted by atomic mass is 35.5. The van der Waals surface area contributed by atoms with Gasteiger partial charge in [0.15, 0.2) is 6.61 Å². The molecule has 0 unspecified atom stereocenters. The minimum Gasteiger partial charge on any atom is -0.454 e. The topological polar surface area (TPSA) is 75.7 Å². The van der Waals surface area contributed by atoms with Crippen LogP contribution in [0.2, 0.25) is 5.02 Å². The molecule has 1 heterocycles. The van der Waals surface area contributed by atoms with Crippen LogP contribution in [0.15, 0.2) is 48.5 Å². The molecular weight excluding hydrogens is 380 g/mol. The number of nitrogens with zero attached hydrogens (tertiary/aromatic N) is 1. The standard InChI is InChI=1S/C21H21ClN2O4/c1-13-11-15-7-3-6-10-18(15)24(13)19(25)12-28-21(27)14(2)23-20(26)16-8-4-5-9-17(16)22/h3-10,13-14H,11-12H2,1-2H3,(H,23,26)/t13-,14-/m0/s1. The molecule has 2 amide bonds. The Morgan fingerprint density at radius 1 is 1.18 bits per heavy atom. The lowest BCUT2D eigenvalue weighted by molar-refractivity contribution is -0.149. The van der Waals surface area contributed by atoms with Gasteiger partial charge in [-0.05, 0) is 44.0 Å². The average Bonchev–Trinajstić information content (AvgIpc) is 3.01. The predicted molar refractivity (Wildman–Crippen MR) is 106 cm³/mol. The first-order valence-electron chi connectivity index (χ1n) is 9.00. The molecule has 0 saturated heterocycles. The van der Waals surface area contributed by atoms with E-state index in [0.717, 1.165) is 17.7 Å². The zero-order valence-electron chi connectivity index (χ0n) is 15.6. The molecule has 146 valence electrons. The molecule has 0 radical (unpaired) electrons. The summed E-state index contributed by atoms with van der Waals surface area (Å²) < 4.78 is 5.13. The molecule has 1 aliphatic heterocycles. The average molecular weight is 401 g/mol. The molecule has 28 heavy (non-hydrogen) atoms. The van der Waals surface area contributed by atoms with E-state index in [1.165, 1.54) is 6.92 Å². The van der Waals surface area contributed by atoms with Crippen molar-refractivity contribution in [3.8, 4) is 0 Å². The summed E-state index contributed by atoms with van der Waals surface area (Å²) in [6.45, 7) is 3.06. The number of amides is 2. The van der Waals surface area contributed by atoms with Gasteiger partial charge in [0.2, 0.25) is 0 Å². The maximum absolute atomic E-state index is 12.6. The van der Waals surface area contributed by atoms with Gasteiger partial charge >= 0.3 is 5.97 Å². The molecule has 7 heteroatoms. The number of esters is 1. The largest absolute Gasteiger partial charge is 0.454 e. The Hall–Kier alpha value is -2.86. The van der Waals surface area contributed by atoms with Crippen molar-refractivity contribution in [3.05, 3.63) is 64.7 Å². The quantitative estimate of drug-likeness (QED) is 0.783. The third-order valence-electron chi connectivity index (χ3n) is 4.63. The van der Waals surface area contributed by atoms with Crippen molar-refractivity contribution in [1.29, 1.82) is 0 Å². The van der Waals surface area contributed by atoms with Crippen molar-refractivity contribution < 1.29 is 19.1 Å². The van der Waals surface area contributed by atoms with E-state index in [2.05, 4.69) is 5.32 Å². The summed E-state index contributed by atoms with van der Waals surface area (Å²) in [6.07, 6.45) is 0.764. The Balaban J connectivity index is 1.56. The number of halogens is 1. The van der Waals surface area contributed by atoms with Crippen molar-refractivity contribution in [2.24, 2.45) is 0 Å². The van der Waals surface area contributed by atoms with Gasteiger partial charge in [0.1, 0.15) is 6.04 Å². The van der Waals surface area contributed by atoms with Gasteiger partial charge in [-0.1, -0.05) is 41.9 Å². The summed E-state index contributed by atoms with van der Waals surface area (Å²) in [5.41, 5.74) is 2.20. The van der Waals surface area contributed by atoms with E-state index in [1.807, 2.05) is 31.2 Å². The van der Waals surface area contributed by atoms with E-state index in [4.69, 9.17) is 16.3 Å². The van der Waals surface area contributed by atoms with E-state index < -0.39 is 17.9 Å². The molecule has 0 fully saturated rings. The maximum atomic E-state index is 12.6. The number of carbonyl (C=O) groups excluding carboxylic acids is 3. The first-order chi connectivity index (χ1) is 13.4. The molecule has 1 aliphatic rings. The minimum atomic E-state index is -0.917. The number of carbonyl (C=O) groups is 3. The van der Waals surface area contributed by atoms with Gasteiger partial charge < -0.3 is 15.0 Å². The number of hydrogen-bond acceptors (Lipinski definition) is 4. The van der Waals surface area contributed by atoms with E-state index in [-0.39, 0.29) is 29.1 Å². The van der Waals surface area contributed by atoms with Crippen molar-refractivity contribution in [1.82, 2.24) is 5.32 Å². The molecule has 0 aromatic heterocycles. The van der Waals surface area contributed by atoms with Crippen molar-refractivity contribution in [2.45, 2.75) is 32.4 Å². The lowest BCUT2D eigenvalue weighted by Crippen LogP contribution is -2.42. The van der Waals surface area contributed by atoms with Gasteiger partial charge in [-0.25, -0.2) is 4.79 Å². The van der Waals surface area contributed by atoms with Crippen LogP contribution in [0.25, 0.3) is 0 Å². The Bertz CT molecular complexity index is 915. The smallest absolute Gasteiger partial charge is 0.328 e. The van der Waals surface area contributed by atoms with Crippen LogP contribution in [0.5, 0.6) is 0 Å². The van der Waals surface area contributed by atoms with E-state index >= 15 is 0 Å². The van der Waals surface area contributed by atoms with Gasteiger partial charge in [0.05, 0.1) is 10.6 Å². The fourth-order valence-electron chi connectivity index (χ4n) is 3.25. The van der Waals surface area contributed by atoms with Gasteiger partial charge in [-0.3, -0.25) is 9.59 Å². The van der Waals surface area contributed by atoms with Crippen LogP contribution in [0.1, 0.15) is 29.8 Å². The molecular formula is C21H21ClN2O4. The number of ether oxygens (including phenoxy) is 1. The Kier molecular flexibility index (Phi) is 5.99. The first-order valence-corrected chi connectivity index (χ1v) is 9.38. The second-order valence-electron chi connectivity index (χ2n) is 6.73. The molecule has 1 N–H and O–H groups in total. The molecule has 0 bridgehead atoms. The van der Waals surface area contributed by atoms with E-state index in [9.17, 15) is 14.4 Å². The molecule has 0 aliphatic carbocycles. The number of hydrogen-bond donors (Lipinski definition) is 1. The zero-order valence-corrected chi connectivity index (χ0v) is 16.4. The summed E-state index contributed by atoms with van der Waals surface area (Å²) >= 11 is 5.99. The molecule has 0 saturated carbocycles. The Morgan fingerprint density at radius 2 is 1.86 bits per heavy atom. The Morgan fingerprint density at radius 3 is 2.61 bits per heavy atom. The molecule has 0 spiro atoms. The highest BCUT2D eigenvalue weighted by Crippen LogP contribution is 2.31. The molecule has 3 rings (SSSR count). The van der Waals surface area contributed by atoms with Gasteiger partial charge in [0, 0.05) is 11.7 Å². The maximum Gasteiger partial charge on any atom is 0.328 e. The number of benzene rings is 2. The second-order valence-corrected chi connectivity index (χ2v) is 7.14. The fourth-order valence-corrected chi connectivity index (χ4v) is 3.47. The van der Waals surface area contributed by atoms with Crippen molar-refractivity contribution in [3.63, 3.8) is 0 Å². The molecule has 6 nitrogen and oxygen atoms in total. The molecule has 2 atom stereocenters. The van der Waals surface area contributed by atoms with E-state index in [0.29, 0.717) is 0 Å². The predicted octanol–water partition coefficient (Wildman–Crippen LogP) is 2.98. The summed E-state index contributed by atoms with van der Waals surface area (Å²) in [4.78, 5) is 38.7. The summed E-state index contributed by atoms with van der Waals surface area (Å²) in [5, 5.41) is 2.82. The zero-order chi connectivity index (χ0) is 20.3. The highest BCUT2D eigenvalue weighted by molar-refractivity contribution is 6.33. The van der Waals surface area contributed by atoms with Crippen LogP contribution in [-0.4, -0.2) is 36.5 Å². The SMILES string of the molecule is C[C@H](NC(=O)c1ccccc1Cl)C(=O)OCC(=O)N1c2ccccc2C[C@@H]1C. The van der Waals surface area contributed by atoms with Crippen LogP contribution in [0.4, 0.5) is 5.69 Å². The van der Waals surface area contributed by atoms with E-state index in [1.54, 1.807) is 29.2 Å². The minimum absolute atomic E-state index is 0.000880. The first kappa shape index (κ1) is 19.9. The third-order valence-corrected chi connectivity index (χ3v) is 4.96. The lowest BCUT2D eigenvalue weighted by Gasteiger charge is -2.23. The summed E-state index contributed by atoms with van der Waals surface area (Å²) in [6, 6.07) is 13.3. The monoisotopic (exact) mass is 400 g/mol. The van der Waals surface area contributed by atoms with Crippen LogP contribution >= 0.6 is 11.6 Å². The lowest BCUT2D eigenvalue weighted by atomic mass is 10.1. The molecule has 2 aromatic carbocycles. The number of rotatable bonds is 5. The third kappa shape index (κ3) is 4.17. The number of nitrogens with one attached hydrogen (secondary N) is 1. The fraction of sp³-hybridized carbons (Fsp3) is 0.286. The Labute approximate surface area is 168 Å². The normalized spacial score (nSPS) is 16.2. The van der Waals surface area contributed by atoms with Gasteiger partial charge in [-0.2, -0.15) is 0 Å². The molecule has 2 aromatic rings. The van der Waals surface area contributed by atoms with Gasteiger partial charge in [0.25, 0.3) is 11.8 Å². The second kappa shape index (κ2) is 8.44. The highest BCUT2D eigenvalue weighted by Gasteiger charge is 2.31. The van der Waals surface area contributed by atoms with Crippen LogP contribution in [0.3, 0.4) is 0 Å². The number of fused-ring (bicyclic) bond motifs is 1. The number of para-hydroxylation sites is 1. The van der Waals surface area contributed by atoms with Crippen molar-refractivity contribution >= 4 is 35.1 Å². The van der Waals surface area contributed by atoms with Crippen LogP contribution in [0, 0.1) is 0 Å². The number of anilines is 1. The summed E-state index contributed by atoms with van der Waals surface area (Å²) in [5.74, 6) is -1.47. The van der Waals surface area contributed by atoms with Gasteiger partial charge in [-0.15, -0.1) is 0 Å². The van der Waals surface area contributed by atoms with Crippen molar-refractivity contribution in [2.75, 3.05) is 11.5 Å². The summed E-state index contributed by atoms with van der Waals surface area (Å²) in [7, 11) is 0. The van der Waals surface area contributed by atoms with Crippen LogP contribution in [-0.2, 0) is 20.7 Å².